The summed E-state index contributed by atoms with van der Waals surface area (Å²) in [5, 5.41) is 6.11. The molecule has 0 aliphatic carbocycles. The van der Waals surface area contributed by atoms with Crippen molar-refractivity contribution in [2.24, 2.45) is 0 Å². The number of rotatable bonds is 8. The first-order valence-electron chi connectivity index (χ1n) is 46.7. The summed E-state index contributed by atoms with van der Waals surface area (Å²) in [5.74, 6) is 0. The molecule has 0 saturated heterocycles. The Morgan fingerprint density at radius 2 is 0.612 bits per heavy atom. The van der Waals surface area contributed by atoms with Crippen LogP contribution in [0.5, 0.6) is 0 Å². The van der Waals surface area contributed by atoms with Crippen LogP contribution in [0.2, 0.25) is 0 Å². The molecular weight excluding hydrogens is 1470 g/mol. The Labute approximate surface area is 723 Å². The first-order chi connectivity index (χ1) is 61.1. The van der Waals surface area contributed by atoms with Crippen LogP contribution in [0.15, 0.2) is 308 Å². The molecule has 21 rings (SSSR count). The second-order valence-corrected chi connectivity index (χ2v) is 40.1. The van der Waals surface area contributed by atoms with Gasteiger partial charge in [0.1, 0.15) is 5.58 Å². The van der Waals surface area contributed by atoms with Gasteiger partial charge >= 0.3 is 0 Å². The molecule has 0 radical (unpaired) electrons. The maximum atomic E-state index is 10.0. The van der Waals surface area contributed by atoms with E-state index in [4.69, 9.17) is 4.42 Å². The van der Waals surface area contributed by atoms with Crippen molar-refractivity contribution < 1.29 is 15.4 Å². The van der Waals surface area contributed by atoms with Crippen molar-refractivity contribution in [3.63, 3.8) is 0 Å². The third-order valence-corrected chi connectivity index (χ3v) is 26.0. The second-order valence-electron chi connectivity index (χ2n) is 40.1. The van der Waals surface area contributed by atoms with Crippen molar-refractivity contribution in [3.05, 3.63) is 337 Å². The number of aromatic nitrogens is 3. The molecule has 19 aromatic rings. The number of furan rings is 1. The van der Waals surface area contributed by atoms with Gasteiger partial charge in [-0.15, -0.1) is 0 Å². The van der Waals surface area contributed by atoms with Crippen LogP contribution in [0.3, 0.4) is 0 Å². The highest BCUT2D eigenvalue weighted by atomic mass is 16.3. The number of para-hydroxylation sites is 3. The minimum atomic E-state index is -0.523. The Morgan fingerprint density at radius 3 is 1.02 bits per heavy atom. The van der Waals surface area contributed by atoms with Crippen LogP contribution >= 0.6 is 0 Å². The molecule has 7 heteroatoms. The van der Waals surface area contributed by atoms with E-state index in [9.17, 15) is 11.0 Å². The molecule has 6 nitrogen and oxygen atoms in total. The number of hydrogen-bond donors (Lipinski definition) is 0. The van der Waals surface area contributed by atoms with Gasteiger partial charge < -0.3 is 27.9 Å². The van der Waals surface area contributed by atoms with Gasteiger partial charge in [0.15, 0.2) is 5.58 Å². The lowest BCUT2D eigenvalue weighted by molar-refractivity contribution is 0.590. The molecule has 0 fully saturated rings. The molecule has 121 heavy (non-hydrogen) atoms. The lowest BCUT2D eigenvalue weighted by Gasteiger charge is -2.45. The Hall–Kier alpha value is -12.8. The third kappa shape index (κ3) is 12.2. The predicted molar refractivity (Wildman–Crippen MR) is 519 cm³/mol. The van der Waals surface area contributed by atoms with Crippen molar-refractivity contribution in [3.8, 4) is 50.4 Å². The van der Waals surface area contributed by atoms with E-state index in [0.717, 1.165) is 117 Å². The molecule has 0 N–H and O–H groups in total. The zero-order chi connectivity index (χ0) is 90.6. The molecule has 0 spiro atoms. The van der Waals surface area contributed by atoms with E-state index in [-0.39, 0.29) is 54.3 Å². The number of hydrogen-bond acceptors (Lipinski definition) is 3. The van der Waals surface area contributed by atoms with Crippen molar-refractivity contribution in [1.82, 2.24) is 13.7 Å². The fourth-order valence-corrected chi connectivity index (χ4v) is 19.3. The van der Waals surface area contributed by atoms with Crippen molar-refractivity contribution in [1.29, 1.82) is 0 Å². The van der Waals surface area contributed by atoms with E-state index < -0.39 is 55.1 Å². The predicted octanol–water partition coefficient (Wildman–Crippen LogP) is 29.7. The quantitative estimate of drug-likeness (QED) is 0.142. The van der Waals surface area contributed by atoms with Crippen molar-refractivity contribution in [2.45, 2.75) is 157 Å². The highest BCUT2D eigenvalue weighted by Gasteiger charge is 2.46. The van der Waals surface area contributed by atoms with Crippen molar-refractivity contribution in [2.75, 3.05) is 9.80 Å². The molecule has 6 heterocycles. The molecular formula is C114H104BN5O. The third-order valence-electron chi connectivity index (χ3n) is 26.0. The van der Waals surface area contributed by atoms with Crippen LogP contribution in [-0.2, 0) is 32.5 Å². The molecule has 0 amide bonds. The second kappa shape index (κ2) is 26.8. The number of anilines is 6. The van der Waals surface area contributed by atoms with E-state index in [0.29, 0.717) is 27.8 Å². The minimum Gasteiger partial charge on any atom is -0.454 e. The van der Waals surface area contributed by atoms with Crippen LogP contribution in [0, 0.1) is 0 Å². The van der Waals surface area contributed by atoms with Gasteiger partial charge in [0, 0.05) is 88.3 Å². The Kier molecular flexibility index (Phi) is 14.9. The number of benzene rings is 15. The Bertz CT molecular complexity index is 7500. The molecule has 15 aromatic carbocycles. The summed E-state index contributed by atoms with van der Waals surface area (Å²) in [6.07, 6.45) is 0. The summed E-state index contributed by atoms with van der Waals surface area (Å²) in [5.41, 5.74) is 28.3. The smallest absolute Gasteiger partial charge is 0.252 e. The fourth-order valence-electron chi connectivity index (χ4n) is 19.3. The van der Waals surface area contributed by atoms with Gasteiger partial charge in [-0.2, -0.15) is 0 Å². The zero-order valence-corrected chi connectivity index (χ0v) is 72.5. The SMILES string of the molecule is [2H]c1c([2H])c([2H])c2c(c1[2H])c1c([2H])c([2H])c([2H])c([2H])c1n2-c1cc(-c2cc3c4c(c2)N(c2ccc(C(C)(C)C)cc2-c2ccccc2)c2cc(-n5c6ccc(C(C)(C)C)cc6c6cc(C(C)(C)C)ccc65)ccc2B4c2ccc(-n4c5ccc(C(C)(C)C)cc5c5cc(C(C)(C)C)ccc54)cc2N3c2ccc(C(C)(C)C)cc2-c2ccccc2)cc2c1oc1ccccc12. The lowest BCUT2D eigenvalue weighted by Crippen LogP contribution is -2.61. The van der Waals surface area contributed by atoms with E-state index in [2.05, 4.69) is 368 Å². The molecule has 4 aromatic heterocycles. The van der Waals surface area contributed by atoms with E-state index in [1.807, 2.05) is 30.3 Å². The molecule has 0 atom stereocenters. The van der Waals surface area contributed by atoms with E-state index in [1.165, 1.54) is 54.9 Å². The topological polar surface area (TPSA) is 34.4 Å². The van der Waals surface area contributed by atoms with Gasteiger partial charge in [-0.3, -0.25) is 0 Å². The lowest BCUT2D eigenvalue weighted by atomic mass is 9.33. The summed E-state index contributed by atoms with van der Waals surface area (Å²) in [7, 11) is 0. The van der Waals surface area contributed by atoms with Crippen molar-refractivity contribution >= 4 is 145 Å². The summed E-state index contributed by atoms with van der Waals surface area (Å²) < 4.78 is 90.5. The highest BCUT2D eigenvalue weighted by molar-refractivity contribution is 7.00. The number of nitrogens with zero attached hydrogens (tertiary/aromatic N) is 5. The molecule has 0 bridgehead atoms. The van der Waals surface area contributed by atoms with E-state index in [1.54, 1.807) is 4.57 Å². The first-order valence-corrected chi connectivity index (χ1v) is 42.7. The molecule has 594 valence electrons. The summed E-state index contributed by atoms with van der Waals surface area (Å²) in [6, 6.07) is 91.5. The summed E-state index contributed by atoms with van der Waals surface area (Å²) in [6.45, 7) is 40.8. The minimum absolute atomic E-state index is 0.0122. The van der Waals surface area contributed by atoms with Gasteiger partial charge in [0.25, 0.3) is 6.71 Å². The molecule has 2 aliphatic rings. The Morgan fingerprint density at radius 1 is 0.256 bits per heavy atom. The number of fused-ring (bicyclic) bond motifs is 16. The van der Waals surface area contributed by atoms with Crippen LogP contribution < -0.4 is 26.2 Å². The largest absolute Gasteiger partial charge is 0.454 e. The zero-order valence-electron chi connectivity index (χ0n) is 80.5. The maximum Gasteiger partial charge on any atom is 0.252 e. The van der Waals surface area contributed by atoms with Gasteiger partial charge in [-0.05, 0) is 244 Å². The molecule has 0 unspecified atom stereocenters. The first kappa shape index (κ1) is 67.0. The molecule has 0 saturated carbocycles. The maximum absolute atomic E-state index is 10.0. The van der Waals surface area contributed by atoms with Crippen LogP contribution in [0.4, 0.5) is 34.1 Å². The van der Waals surface area contributed by atoms with Crippen LogP contribution in [-0.4, -0.2) is 20.4 Å². The van der Waals surface area contributed by atoms with Gasteiger partial charge in [0.05, 0.1) is 61.1 Å². The highest BCUT2D eigenvalue weighted by Crippen LogP contribution is 2.54. The monoisotopic (exact) mass is 1580 g/mol. The van der Waals surface area contributed by atoms with Gasteiger partial charge in [-0.25, -0.2) is 0 Å². The fraction of sp³-hybridized carbons (Fsp3) is 0.211. The normalized spacial score (nSPS) is 14.4. The van der Waals surface area contributed by atoms with Crippen LogP contribution in [0.25, 0.3) is 138 Å². The summed E-state index contributed by atoms with van der Waals surface area (Å²) in [4.78, 5) is 5.10. The van der Waals surface area contributed by atoms with Crippen LogP contribution in [0.1, 0.15) is 169 Å². The summed E-state index contributed by atoms with van der Waals surface area (Å²) >= 11 is 0. The average Bonchev–Trinajstić information content (AvgIpc) is 1.68. The molecule has 2 aliphatic heterocycles. The van der Waals surface area contributed by atoms with E-state index >= 15 is 0 Å². The van der Waals surface area contributed by atoms with Gasteiger partial charge in [-0.1, -0.05) is 288 Å². The average molecular weight is 1580 g/mol. The standard InChI is InChI=1S/C114H104BN5O/c1-109(2,3)73-41-51-95(84(61-73)69-31-21-19-22-32-69)119-101-67-79(116-97-53-43-75(111(7,8)9)63-86(97)87-64-76(112(10,11)12)44-54-98(87)116)47-49-91(101)115-92-50-48-80(117-99-55-45-77(113(13,14)15)65-88(99)89-66-78(114(16,17)18)46-56-100(89)117)68-102(92)120(96-52-42-74(110(4,5)6)62-85(96)70-33-23-20-24-34-70)104-59-72(58-103(119)107(104)115)71-57-90-83-37-27-30-40-106(83)121-108(90)105(60-71)118-93-38-28-25-35-81(93)82-36-26-29-39-94(82)118/h19-68H,1-18H3/i25D,26D,28D,29D,35D,36D,38D,39D. The van der Waals surface area contributed by atoms with Gasteiger partial charge in [0.2, 0.25) is 0 Å². The Balaban J connectivity index is 0.957.